The molecule has 0 atom stereocenters. The van der Waals surface area contributed by atoms with Crippen LogP contribution < -0.4 is 9.47 Å². The fraction of sp³-hybridized carbons (Fsp3) is 0.429. The molecule has 0 unspecified atom stereocenters. The fourth-order valence-corrected chi connectivity index (χ4v) is 3.63. The Balaban J connectivity index is 1.44. The number of imidazole rings is 1. The molecule has 6 nitrogen and oxygen atoms in total. The van der Waals surface area contributed by atoms with E-state index in [2.05, 4.69) is 19.7 Å². The van der Waals surface area contributed by atoms with Gasteiger partial charge in [-0.3, -0.25) is 0 Å². The normalized spacial score (nSPS) is 15.4. The summed E-state index contributed by atoms with van der Waals surface area (Å²) in [6, 6.07) is 9.26. The molecule has 3 heterocycles. The highest BCUT2D eigenvalue weighted by Gasteiger charge is 2.31. The number of fused-ring (bicyclic) bond motifs is 1. The molecule has 1 fully saturated rings. The van der Waals surface area contributed by atoms with Crippen molar-refractivity contribution in [3.05, 3.63) is 42.6 Å². The maximum atomic E-state index is 12.5. The molecule has 160 valence electrons. The maximum absolute atomic E-state index is 12.5. The number of aromatic nitrogens is 3. The highest BCUT2D eigenvalue weighted by Crippen LogP contribution is 2.28. The highest BCUT2D eigenvalue weighted by atomic mass is 19.4. The van der Waals surface area contributed by atoms with Gasteiger partial charge in [-0.05, 0) is 50.6 Å². The molecule has 30 heavy (non-hydrogen) atoms. The summed E-state index contributed by atoms with van der Waals surface area (Å²) < 4.78 is 48.9. The van der Waals surface area contributed by atoms with E-state index in [1.807, 2.05) is 0 Å². The molecule has 4 rings (SSSR count). The molecule has 0 N–H and O–H groups in total. The van der Waals surface area contributed by atoms with E-state index in [1.165, 1.54) is 37.5 Å². The lowest BCUT2D eigenvalue weighted by Gasteiger charge is -2.26. The van der Waals surface area contributed by atoms with Crippen LogP contribution in [0.15, 0.2) is 42.6 Å². The Bertz CT molecular complexity index is 984. The van der Waals surface area contributed by atoms with Crippen LogP contribution >= 0.6 is 0 Å². The Morgan fingerprint density at radius 3 is 2.67 bits per heavy atom. The number of likely N-dealkylation sites (tertiary alicyclic amines) is 1. The molecule has 3 aromatic rings. The third kappa shape index (κ3) is 5.21. The summed E-state index contributed by atoms with van der Waals surface area (Å²) in [5.41, 5.74) is 1.64. The quantitative estimate of drug-likeness (QED) is 0.525. The molecule has 2 aromatic heterocycles. The monoisotopic (exact) mass is 420 g/mol. The van der Waals surface area contributed by atoms with Crippen LogP contribution in [0.5, 0.6) is 11.6 Å². The first kappa shape index (κ1) is 20.5. The summed E-state index contributed by atoms with van der Waals surface area (Å²) in [5, 5.41) is 4.46. The zero-order chi connectivity index (χ0) is 21.0. The second-order valence-electron chi connectivity index (χ2n) is 7.26. The molecule has 1 aromatic carbocycles. The lowest BCUT2D eigenvalue weighted by Crippen LogP contribution is -2.31. The van der Waals surface area contributed by atoms with Crippen molar-refractivity contribution in [1.29, 1.82) is 0 Å². The first-order chi connectivity index (χ1) is 14.5. The van der Waals surface area contributed by atoms with E-state index in [9.17, 15) is 13.2 Å². The molecule has 9 heteroatoms. The predicted octanol–water partition coefficient (Wildman–Crippen LogP) is 4.55. The van der Waals surface area contributed by atoms with Gasteiger partial charge in [0.05, 0.1) is 18.5 Å². The van der Waals surface area contributed by atoms with Crippen LogP contribution in [0.2, 0.25) is 0 Å². The number of alkyl halides is 3. The number of rotatable bonds is 7. The second kappa shape index (κ2) is 8.91. The standard InChI is InChI=1S/C21H23F3N4O2/c22-21(23,24)30-17-7-4-6-16(14-17)18-15-25-19-8-9-20(26-28(18)19)29-13-5-12-27-10-2-1-3-11-27/h4,6-9,14-15H,1-3,5,10-13H2. The predicted molar refractivity (Wildman–Crippen MR) is 106 cm³/mol. The van der Waals surface area contributed by atoms with Gasteiger partial charge in [0.2, 0.25) is 5.88 Å². The van der Waals surface area contributed by atoms with E-state index in [0.29, 0.717) is 29.4 Å². The van der Waals surface area contributed by atoms with Gasteiger partial charge in [-0.2, -0.15) is 0 Å². The maximum Gasteiger partial charge on any atom is 0.573 e. The van der Waals surface area contributed by atoms with Crippen molar-refractivity contribution in [2.45, 2.75) is 32.0 Å². The molecule has 0 aliphatic carbocycles. The first-order valence-corrected chi connectivity index (χ1v) is 10.0. The van der Waals surface area contributed by atoms with Crippen molar-refractivity contribution >= 4 is 5.65 Å². The third-order valence-corrected chi connectivity index (χ3v) is 5.02. The van der Waals surface area contributed by atoms with Gasteiger partial charge in [0.1, 0.15) is 5.75 Å². The molecule has 0 bridgehead atoms. The first-order valence-electron chi connectivity index (χ1n) is 10.0. The van der Waals surface area contributed by atoms with E-state index in [1.54, 1.807) is 28.9 Å². The highest BCUT2D eigenvalue weighted by molar-refractivity contribution is 5.64. The second-order valence-corrected chi connectivity index (χ2v) is 7.26. The average molecular weight is 420 g/mol. The Kier molecular flexibility index (Phi) is 6.08. The van der Waals surface area contributed by atoms with Crippen molar-refractivity contribution in [3.8, 4) is 22.9 Å². The Hall–Kier alpha value is -2.81. The van der Waals surface area contributed by atoms with Gasteiger partial charge < -0.3 is 14.4 Å². The number of benzene rings is 1. The van der Waals surface area contributed by atoms with E-state index in [4.69, 9.17) is 4.74 Å². The minimum atomic E-state index is -4.74. The Morgan fingerprint density at radius 2 is 1.87 bits per heavy atom. The molecule has 0 saturated carbocycles. The molecule has 0 spiro atoms. The van der Waals surface area contributed by atoms with Crippen LogP contribution in [0.3, 0.4) is 0 Å². The summed E-state index contributed by atoms with van der Waals surface area (Å²) in [6.45, 7) is 3.86. The average Bonchev–Trinajstić information content (AvgIpc) is 3.14. The number of halogens is 3. The van der Waals surface area contributed by atoms with Crippen LogP contribution in [0.1, 0.15) is 25.7 Å². The minimum Gasteiger partial charge on any atom is -0.477 e. The minimum absolute atomic E-state index is 0.292. The van der Waals surface area contributed by atoms with Crippen molar-refractivity contribution in [2.75, 3.05) is 26.2 Å². The van der Waals surface area contributed by atoms with Crippen molar-refractivity contribution in [2.24, 2.45) is 0 Å². The summed E-state index contributed by atoms with van der Waals surface area (Å²) in [7, 11) is 0. The van der Waals surface area contributed by atoms with E-state index in [0.717, 1.165) is 26.1 Å². The molecular formula is C21H23F3N4O2. The summed E-state index contributed by atoms with van der Waals surface area (Å²) in [6.07, 6.45) is 1.57. The molecular weight excluding hydrogens is 397 g/mol. The lowest BCUT2D eigenvalue weighted by atomic mass is 10.1. The van der Waals surface area contributed by atoms with Crippen molar-refractivity contribution in [3.63, 3.8) is 0 Å². The number of nitrogens with zero attached hydrogens (tertiary/aromatic N) is 4. The topological polar surface area (TPSA) is 51.9 Å². The van der Waals surface area contributed by atoms with Crippen LogP contribution in [0, 0.1) is 0 Å². The van der Waals surface area contributed by atoms with Crippen LogP contribution in [0.4, 0.5) is 13.2 Å². The van der Waals surface area contributed by atoms with Gasteiger partial charge in [0.25, 0.3) is 0 Å². The SMILES string of the molecule is FC(F)(F)Oc1cccc(-c2cnc3ccc(OCCCN4CCCCC4)nn23)c1. The van der Waals surface area contributed by atoms with Gasteiger partial charge in [-0.15, -0.1) is 18.3 Å². The molecule has 1 aliphatic heterocycles. The zero-order valence-corrected chi connectivity index (χ0v) is 16.4. The van der Waals surface area contributed by atoms with Crippen LogP contribution in [0.25, 0.3) is 16.9 Å². The van der Waals surface area contributed by atoms with Gasteiger partial charge in [0.15, 0.2) is 5.65 Å². The number of hydrogen-bond donors (Lipinski definition) is 0. The van der Waals surface area contributed by atoms with Crippen molar-refractivity contribution in [1.82, 2.24) is 19.5 Å². The van der Waals surface area contributed by atoms with Gasteiger partial charge >= 0.3 is 6.36 Å². The van der Waals surface area contributed by atoms with E-state index >= 15 is 0 Å². The van der Waals surface area contributed by atoms with Gasteiger partial charge in [-0.25, -0.2) is 9.50 Å². The number of hydrogen-bond acceptors (Lipinski definition) is 5. The zero-order valence-electron chi connectivity index (χ0n) is 16.4. The van der Waals surface area contributed by atoms with Crippen LogP contribution in [-0.4, -0.2) is 52.1 Å². The Labute approximate surface area is 172 Å². The molecule has 1 aliphatic rings. The molecule has 0 radical (unpaired) electrons. The van der Waals surface area contributed by atoms with Crippen LogP contribution in [-0.2, 0) is 0 Å². The Morgan fingerprint density at radius 1 is 1.03 bits per heavy atom. The smallest absolute Gasteiger partial charge is 0.477 e. The summed E-state index contributed by atoms with van der Waals surface area (Å²) in [4.78, 5) is 6.73. The van der Waals surface area contributed by atoms with Gasteiger partial charge in [0, 0.05) is 18.2 Å². The molecule has 1 saturated heterocycles. The van der Waals surface area contributed by atoms with E-state index in [-0.39, 0.29) is 5.75 Å². The lowest BCUT2D eigenvalue weighted by molar-refractivity contribution is -0.274. The largest absolute Gasteiger partial charge is 0.573 e. The fourth-order valence-electron chi connectivity index (χ4n) is 3.63. The molecule has 0 amide bonds. The van der Waals surface area contributed by atoms with E-state index < -0.39 is 6.36 Å². The number of piperidine rings is 1. The van der Waals surface area contributed by atoms with Crippen molar-refractivity contribution < 1.29 is 22.6 Å². The summed E-state index contributed by atoms with van der Waals surface area (Å²) >= 11 is 0. The van der Waals surface area contributed by atoms with Gasteiger partial charge in [-0.1, -0.05) is 18.6 Å². The summed E-state index contributed by atoms with van der Waals surface area (Å²) in [5.74, 6) is 0.156. The third-order valence-electron chi connectivity index (χ3n) is 5.02. The number of ether oxygens (including phenoxy) is 2.